The van der Waals surface area contributed by atoms with Crippen molar-refractivity contribution in [2.45, 2.75) is 31.2 Å². The van der Waals surface area contributed by atoms with Crippen molar-refractivity contribution >= 4 is 15.9 Å². The Balaban J connectivity index is 2.39. The van der Waals surface area contributed by atoms with Gasteiger partial charge in [0.25, 0.3) is 0 Å². The molecule has 0 aliphatic heterocycles. The molecular formula is C10H13BrN2. The third-order valence-corrected chi connectivity index (χ3v) is 3.37. The van der Waals surface area contributed by atoms with Crippen LogP contribution in [0.3, 0.4) is 0 Å². The summed E-state index contributed by atoms with van der Waals surface area (Å²) in [4.78, 5) is 4.36. The fourth-order valence-electron chi connectivity index (χ4n) is 1.99. The predicted molar refractivity (Wildman–Crippen MR) is 56.3 cm³/mol. The van der Waals surface area contributed by atoms with Gasteiger partial charge < -0.3 is 5.73 Å². The molecule has 2 nitrogen and oxygen atoms in total. The summed E-state index contributed by atoms with van der Waals surface area (Å²) in [6.45, 7) is 0. The van der Waals surface area contributed by atoms with E-state index in [-0.39, 0.29) is 5.54 Å². The molecule has 70 valence electrons. The largest absolute Gasteiger partial charge is 0.320 e. The van der Waals surface area contributed by atoms with Gasteiger partial charge in [-0.2, -0.15) is 0 Å². The van der Waals surface area contributed by atoms with Crippen LogP contribution < -0.4 is 5.73 Å². The van der Waals surface area contributed by atoms with Gasteiger partial charge in [-0.3, -0.25) is 4.98 Å². The molecule has 0 amide bonds. The van der Waals surface area contributed by atoms with E-state index in [1.807, 2.05) is 18.3 Å². The minimum absolute atomic E-state index is 0.180. The molecule has 1 aliphatic carbocycles. The molecule has 0 saturated heterocycles. The van der Waals surface area contributed by atoms with Gasteiger partial charge >= 0.3 is 0 Å². The lowest BCUT2D eigenvalue weighted by Crippen LogP contribution is -2.34. The van der Waals surface area contributed by atoms with E-state index in [2.05, 4.69) is 20.9 Å². The van der Waals surface area contributed by atoms with Gasteiger partial charge in [0.05, 0.1) is 11.2 Å². The summed E-state index contributed by atoms with van der Waals surface area (Å²) in [6.07, 6.45) is 6.37. The fraction of sp³-hybridized carbons (Fsp3) is 0.500. The summed E-state index contributed by atoms with van der Waals surface area (Å²) in [7, 11) is 0. The lowest BCUT2D eigenvalue weighted by atomic mass is 9.94. The fourth-order valence-corrected chi connectivity index (χ4v) is 2.64. The van der Waals surface area contributed by atoms with E-state index >= 15 is 0 Å². The second-order valence-corrected chi connectivity index (χ2v) is 4.55. The van der Waals surface area contributed by atoms with Gasteiger partial charge in [0.15, 0.2) is 0 Å². The summed E-state index contributed by atoms with van der Waals surface area (Å²) in [5.41, 5.74) is 7.13. The molecule has 2 N–H and O–H groups in total. The third-order valence-electron chi connectivity index (χ3n) is 2.73. The van der Waals surface area contributed by atoms with Crippen LogP contribution in [0.4, 0.5) is 0 Å². The number of nitrogens with two attached hydrogens (primary N) is 1. The van der Waals surface area contributed by atoms with Crippen molar-refractivity contribution in [1.29, 1.82) is 0 Å². The molecule has 1 aliphatic rings. The monoisotopic (exact) mass is 240 g/mol. The van der Waals surface area contributed by atoms with Crippen LogP contribution in [0.25, 0.3) is 0 Å². The summed E-state index contributed by atoms with van der Waals surface area (Å²) < 4.78 is 1.04. The number of halogens is 1. The average molecular weight is 241 g/mol. The van der Waals surface area contributed by atoms with Crippen molar-refractivity contribution < 1.29 is 0 Å². The van der Waals surface area contributed by atoms with Gasteiger partial charge in [0.2, 0.25) is 0 Å². The highest BCUT2D eigenvalue weighted by Gasteiger charge is 2.33. The smallest absolute Gasteiger partial charge is 0.0744 e. The molecular weight excluding hydrogens is 228 g/mol. The highest BCUT2D eigenvalue weighted by Crippen LogP contribution is 2.37. The lowest BCUT2D eigenvalue weighted by molar-refractivity contribution is 0.445. The molecule has 0 spiro atoms. The first-order valence-corrected chi connectivity index (χ1v) is 5.41. The predicted octanol–water partition coefficient (Wildman–Crippen LogP) is 2.57. The lowest BCUT2D eigenvalue weighted by Gasteiger charge is -2.23. The summed E-state index contributed by atoms with van der Waals surface area (Å²) >= 11 is 3.50. The van der Waals surface area contributed by atoms with Crippen LogP contribution in [0.15, 0.2) is 22.8 Å². The summed E-state index contributed by atoms with van der Waals surface area (Å²) in [5.74, 6) is 0. The molecule has 2 rings (SSSR count). The van der Waals surface area contributed by atoms with Gasteiger partial charge in [-0.15, -0.1) is 0 Å². The molecule has 1 heterocycles. The van der Waals surface area contributed by atoms with Crippen LogP contribution in [0, 0.1) is 0 Å². The summed E-state index contributed by atoms with van der Waals surface area (Å²) in [5, 5.41) is 0. The van der Waals surface area contributed by atoms with Gasteiger partial charge in [-0.05, 0) is 40.9 Å². The quantitative estimate of drug-likeness (QED) is 0.820. The minimum Gasteiger partial charge on any atom is -0.320 e. The maximum Gasteiger partial charge on any atom is 0.0744 e. The number of pyridine rings is 1. The van der Waals surface area contributed by atoms with E-state index in [4.69, 9.17) is 5.73 Å². The van der Waals surface area contributed by atoms with Gasteiger partial charge in [0, 0.05) is 10.7 Å². The molecule has 1 fully saturated rings. The molecule has 3 heteroatoms. The van der Waals surface area contributed by atoms with E-state index < -0.39 is 0 Å². The van der Waals surface area contributed by atoms with Crippen LogP contribution in [-0.2, 0) is 5.54 Å². The molecule has 0 aromatic carbocycles. The Morgan fingerprint density at radius 1 is 1.38 bits per heavy atom. The normalized spacial score (nSPS) is 20.5. The first-order valence-electron chi connectivity index (χ1n) is 4.62. The zero-order chi connectivity index (χ0) is 9.31. The van der Waals surface area contributed by atoms with E-state index in [1.54, 1.807) is 0 Å². The van der Waals surface area contributed by atoms with Crippen LogP contribution >= 0.6 is 15.9 Å². The maximum atomic E-state index is 6.29. The highest BCUT2D eigenvalue weighted by molar-refractivity contribution is 9.10. The van der Waals surface area contributed by atoms with Crippen molar-refractivity contribution in [2.24, 2.45) is 5.73 Å². The zero-order valence-electron chi connectivity index (χ0n) is 7.46. The SMILES string of the molecule is NC1(c2ncccc2Br)CCCC1. The van der Waals surface area contributed by atoms with E-state index in [9.17, 15) is 0 Å². The molecule has 1 aromatic heterocycles. The van der Waals surface area contributed by atoms with Crippen molar-refractivity contribution in [2.75, 3.05) is 0 Å². The number of nitrogens with zero attached hydrogens (tertiary/aromatic N) is 1. The van der Waals surface area contributed by atoms with Crippen LogP contribution in [0.2, 0.25) is 0 Å². The number of hydrogen-bond acceptors (Lipinski definition) is 2. The second-order valence-electron chi connectivity index (χ2n) is 3.70. The van der Waals surface area contributed by atoms with Crippen molar-refractivity contribution in [3.8, 4) is 0 Å². The molecule has 1 aromatic rings. The Labute approximate surface area is 86.7 Å². The van der Waals surface area contributed by atoms with Crippen molar-refractivity contribution in [3.05, 3.63) is 28.5 Å². The number of rotatable bonds is 1. The molecule has 0 radical (unpaired) electrons. The average Bonchev–Trinajstić information content (AvgIpc) is 2.54. The number of hydrogen-bond donors (Lipinski definition) is 1. The van der Waals surface area contributed by atoms with E-state index in [0.717, 1.165) is 23.0 Å². The Kier molecular flexibility index (Phi) is 2.39. The van der Waals surface area contributed by atoms with Gasteiger partial charge in [-0.1, -0.05) is 12.8 Å². The third kappa shape index (κ3) is 1.63. The summed E-state index contributed by atoms with van der Waals surface area (Å²) in [6, 6.07) is 3.93. The van der Waals surface area contributed by atoms with E-state index in [0.29, 0.717) is 0 Å². The number of aromatic nitrogens is 1. The maximum absolute atomic E-state index is 6.29. The molecule has 0 bridgehead atoms. The zero-order valence-corrected chi connectivity index (χ0v) is 9.05. The standard InChI is InChI=1S/C10H13BrN2/c11-8-4-3-7-13-9(8)10(12)5-1-2-6-10/h3-4,7H,1-2,5-6,12H2. The van der Waals surface area contributed by atoms with Crippen LogP contribution in [0.5, 0.6) is 0 Å². The first-order chi connectivity index (χ1) is 6.22. The van der Waals surface area contributed by atoms with Crippen molar-refractivity contribution in [1.82, 2.24) is 4.98 Å². The van der Waals surface area contributed by atoms with Crippen molar-refractivity contribution in [3.63, 3.8) is 0 Å². The Bertz CT molecular complexity index is 306. The molecule has 0 unspecified atom stereocenters. The molecule has 1 saturated carbocycles. The van der Waals surface area contributed by atoms with E-state index in [1.165, 1.54) is 12.8 Å². The van der Waals surface area contributed by atoms with Gasteiger partial charge in [0.1, 0.15) is 0 Å². The minimum atomic E-state index is -0.180. The molecule has 0 atom stereocenters. The van der Waals surface area contributed by atoms with Crippen LogP contribution in [0.1, 0.15) is 31.4 Å². The second kappa shape index (κ2) is 3.39. The first kappa shape index (κ1) is 9.16. The Morgan fingerprint density at radius 2 is 2.08 bits per heavy atom. The Hall–Kier alpha value is -0.410. The molecule has 13 heavy (non-hydrogen) atoms. The topological polar surface area (TPSA) is 38.9 Å². The van der Waals surface area contributed by atoms with Crippen LogP contribution in [-0.4, -0.2) is 4.98 Å². The Morgan fingerprint density at radius 3 is 2.69 bits per heavy atom. The van der Waals surface area contributed by atoms with Gasteiger partial charge in [-0.25, -0.2) is 0 Å². The highest BCUT2D eigenvalue weighted by atomic mass is 79.9.